The van der Waals surface area contributed by atoms with Gasteiger partial charge >= 0.3 is 5.97 Å². The Balaban J connectivity index is 1.86. The maximum absolute atomic E-state index is 12.0. The Kier molecular flexibility index (Phi) is 4.80. The van der Waals surface area contributed by atoms with Crippen molar-refractivity contribution in [2.45, 2.75) is 6.92 Å². The van der Waals surface area contributed by atoms with Crippen molar-refractivity contribution in [3.05, 3.63) is 24.3 Å². The average Bonchev–Trinajstić information content (AvgIpc) is 2.80. The molecule has 0 bridgehead atoms. The number of hydrogen-bond donors (Lipinski definition) is 2. The van der Waals surface area contributed by atoms with Crippen LogP contribution in [0.1, 0.15) is 6.92 Å². The molecule has 0 spiro atoms. The fraction of sp³-hybridized carbons (Fsp3) is 0.467. The van der Waals surface area contributed by atoms with Gasteiger partial charge in [0, 0.05) is 18.8 Å². The molecule has 0 unspecified atom stereocenters. The number of nitrogens with one attached hydrogen (secondary N) is 1. The summed E-state index contributed by atoms with van der Waals surface area (Å²) < 4.78 is 5.05. The molecule has 0 saturated carbocycles. The second-order valence-corrected chi connectivity index (χ2v) is 5.39. The third kappa shape index (κ3) is 3.95. The first kappa shape index (κ1) is 15.3. The van der Waals surface area contributed by atoms with Crippen molar-refractivity contribution < 1.29 is 19.4 Å². The maximum atomic E-state index is 12.0. The van der Waals surface area contributed by atoms with Crippen LogP contribution in [-0.4, -0.2) is 48.6 Å². The monoisotopic (exact) mass is 292 g/mol. The third-order valence-corrected chi connectivity index (χ3v) is 3.75. The lowest BCUT2D eigenvalue weighted by atomic mass is 9.99. The summed E-state index contributed by atoms with van der Waals surface area (Å²) in [5, 5.41) is 11.9. The summed E-state index contributed by atoms with van der Waals surface area (Å²) in [6.07, 6.45) is 0. The van der Waals surface area contributed by atoms with Crippen molar-refractivity contribution in [1.29, 1.82) is 0 Å². The lowest BCUT2D eigenvalue weighted by Gasteiger charge is -2.15. The van der Waals surface area contributed by atoms with E-state index in [1.54, 1.807) is 31.4 Å². The van der Waals surface area contributed by atoms with Gasteiger partial charge < -0.3 is 15.2 Å². The summed E-state index contributed by atoms with van der Waals surface area (Å²) in [7, 11) is 1.58. The van der Waals surface area contributed by atoms with E-state index in [4.69, 9.17) is 9.84 Å². The third-order valence-electron chi connectivity index (χ3n) is 3.75. The van der Waals surface area contributed by atoms with E-state index in [0.29, 0.717) is 18.8 Å². The number of carboxylic acid groups (broad SMARTS) is 1. The highest BCUT2D eigenvalue weighted by atomic mass is 16.5. The van der Waals surface area contributed by atoms with E-state index in [-0.39, 0.29) is 18.4 Å². The summed E-state index contributed by atoms with van der Waals surface area (Å²) in [6.45, 7) is 3.17. The standard InChI is InChI=1S/C15H20N2O4/c1-10-7-17(8-13(10)15(19)20)9-14(18)16-11-3-5-12(21-2)6-4-11/h3-6,10,13H,7-9H2,1-2H3,(H,16,18)(H,19,20)/t10-,13-/m1/s1. The van der Waals surface area contributed by atoms with Crippen LogP contribution in [0, 0.1) is 11.8 Å². The van der Waals surface area contributed by atoms with Gasteiger partial charge in [-0.25, -0.2) is 0 Å². The quantitative estimate of drug-likeness (QED) is 0.855. The molecule has 1 amide bonds. The van der Waals surface area contributed by atoms with Crippen molar-refractivity contribution in [3.63, 3.8) is 0 Å². The predicted octanol–water partition coefficient (Wildman–Crippen LogP) is 1.29. The minimum atomic E-state index is -0.791. The minimum Gasteiger partial charge on any atom is -0.497 e. The molecule has 0 aromatic heterocycles. The van der Waals surface area contributed by atoms with Gasteiger partial charge in [0.25, 0.3) is 0 Å². The Labute approximate surface area is 123 Å². The summed E-state index contributed by atoms with van der Waals surface area (Å²) >= 11 is 0. The average molecular weight is 292 g/mol. The smallest absolute Gasteiger partial charge is 0.308 e. The molecule has 1 saturated heterocycles. The number of aliphatic carboxylic acids is 1. The summed E-state index contributed by atoms with van der Waals surface area (Å²) in [4.78, 5) is 24.9. The highest BCUT2D eigenvalue weighted by molar-refractivity contribution is 5.92. The zero-order chi connectivity index (χ0) is 15.4. The van der Waals surface area contributed by atoms with Crippen LogP contribution in [0.25, 0.3) is 0 Å². The number of nitrogens with zero attached hydrogens (tertiary/aromatic N) is 1. The van der Waals surface area contributed by atoms with Gasteiger partial charge in [-0.05, 0) is 30.2 Å². The molecule has 1 aromatic rings. The number of anilines is 1. The number of ether oxygens (including phenoxy) is 1. The molecule has 6 heteroatoms. The van der Waals surface area contributed by atoms with E-state index in [9.17, 15) is 9.59 Å². The first-order chi connectivity index (χ1) is 9.99. The number of benzene rings is 1. The van der Waals surface area contributed by atoms with E-state index >= 15 is 0 Å². The SMILES string of the molecule is COc1ccc(NC(=O)CN2C[C@@H](C)[C@H](C(=O)O)C2)cc1. The van der Waals surface area contributed by atoms with Gasteiger partial charge in [0.2, 0.25) is 5.91 Å². The topological polar surface area (TPSA) is 78.9 Å². The van der Waals surface area contributed by atoms with Crippen molar-refractivity contribution in [2.24, 2.45) is 11.8 Å². The molecule has 2 N–H and O–H groups in total. The first-order valence-corrected chi connectivity index (χ1v) is 6.88. The molecule has 0 radical (unpaired) electrons. The molecule has 6 nitrogen and oxygen atoms in total. The lowest BCUT2D eigenvalue weighted by molar-refractivity contribution is -0.142. The number of likely N-dealkylation sites (tertiary alicyclic amines) is 1. The molecule has 1 fully saturated rings. The Morgan fingerprint density at radius 3 is 2.52 bits per heavy atom. The van der Waals surface area contributed by atoms with E-state index in [2.05, 4.69) is 5.32 Å². The Morgan fingerprint density at radius 2 is 2.00 bits per heavy atom. The number of rotatable bonds is 5. The molecule has 0 aliphatic carbocycles. The molecular formula is C15H20N2O4. The van der Waals surface area contributed by atoms with Gasteiger partial charge in [-0.2, -0.15) is 0 Å². The Morgan fingerprint density at radius 1 is 1.33 bits per heavy atom. The summed E-state index contributed by atoms with van der Waals surface area (Å²) in [5.74, 6) is -0.528. The first-order valence-electron chi connectivity index (χ1n) is 6.88. The molecule has 21 heavy (non-hydrogen) atoms. The van der Waals surface area contributed by atoms with Crippen molar-refractivity contribution in [1.82, 2.24) is 4.90 Å². The molecule has 114 valence electrons. The molecule has 2 atom stereocenters. The number of amides is 1. The molecule has 1 aromatic carbocycles. The minimum absolute atomic E-state index is 0.0660. The number of carbonyl (C=O) groups excluding carboxylic acids is 1. The second-order valence-electron chi connectivity index (χ2n) is 5.39. The van der Waals surface area contributed by atoms with Crippen molar-refractivity contribution in [2.75, 3.05) is 32.1 Å². The molecule has 1 heterocycles. The highest BCUT2D eigenvalue weighted by Crippen LogP contribution is 2.23. The zero-order valence-corrected chi connectivity index (χ0v) is 12.2. The van der Waals surface area contributed by atoms with Gasteiger partial charge in [-0.3, -0.25) is 14.5 Å². The van der Waals surface area contributed by atoms with Crippen LogP contribution in [0.15, 0.2) is 24.3 Å². The Bertz CT molecular complexity index is 515. The predicted molar refractivity (Wildman–Crippen MR) is 78.4 cm³/mol. The van der Waals surface area contributed by atoms with Crippen LogP contribution in [0.2, 0.25) is 0 Å². The largest absolute Gasteiger partial charge is 0.497 e. The molecule has 2 rings (SSSR count). The maximum Gasteiger partial charge on any atom is 0.308 e. The second kappa shape index (κ2) is 6.58. The summed E-state index contributed by atoms with van der Waals surface area (Å²) in [6, 6.07) is 7.08. The van der Waals surface area contributed by atoms with Crippen LogP contribution >= 0.6 is 0 Å². The van der Waals surface area contributed by atoms with Crippen molar-refractivity contribution in [3.8, 4) is 5.75 Å². The van der Waals surface area contributed by atoms with Gasteiger partial charge in [-0.1, -0.05) is 6.92 Å². The van der Waals surface area contributed by atoms with Gasteiger partial charge in [-0.15, -0.1) is 0 Å². The normalized spacial score (nSPS) is 22.0. The van der Waals surface area contributed by atoms with E-state index in [1.165, 1.54) is 0 Å². The fourth-order valence-electron chi connectivity index (χ4n) is 2.60. The Hall–Kier alpha value is -2.08. The fourth-order valence-corrected chi connectivity index (χ4v) is 2.60. The number of methoxy groups -OCH3 is 1. The van der Waals surface area contributed by atoms with Crippen LogP contribution in [0.4, 0.5) is 5.69 Å². The van der Waals surface area contributed by atoms with Gasteiger partial charge in [0.05, 0.1) is 19.6 Å². The van der Waals surface area contributed by atoms with Gasteiger partial charge in [0.1, 0.15) is 5.75 Å². The van der Waals surface area contributed by atoms with Gasteiger partial charge in [0.15, 0.2) is 0 Å². The van der Waals surface area contributed by atoms with Crippen molar-refractivity contribution >= 4 is 17.6 Å². The zero-order valence-electron chi connectivity index (χ0n) is 12.2. The van der Waals surface area contributed by atoms with Crippen LogP contribution in [-0.2, 0) is 9.59 Å². The molecule has 1 aliphatic heterocycles. The summed E-state index contributed by atoms with van der Waals surface area (Å²) in [5.41, 5.74) is 0.697. The lowest BCUT2D eigenvalue weighted by Crippen LogP contribution is -2.32. The molecule has 1 aliphatic rings. The number of carboxylic acids is 1. The van der Waals surface area contributed by atoms with E-state index < -0.39 is 11.9 Å². The molecular weight excluding hydrogens is 272 g/mol. The number of hydrogen-bond acceptors (Lipinski definition) is 4. The van der Waals surface area contributed by atoms with Crippen LogP contribution < -0.4 is 10.1 Å². The highest BCUT2D eigenvalue weighted by Gasteiger charge is 2.35. The van der Waals surface area contributed by atoms with Crippen LogP contribution in [0.3, 0.4) is 0 Å². The van der Waals surface area contributed by atoms with E-state index in [0.717, 1.165) is 5.75 Å². The number of carbonyl (C=O) groups is 2. The van der Waals surface area contributed by atoms with Crippen LogP contribution in [0.5, 0.6) is 5.75 Å². The van der Waals surface area contributed by atoms with E-state index in [1.807, 2.05) is 11.8 Å².